The van der Waals surface area contributed by atoms with Crippen molar-refractivity contribution in [3.8, 4) is 0 Å². The number of carbonyl (C=O) groups excluding carboxylic acids is 1. The number of amides is 1. The van der Waals surface area contributed by atoms with Gasteiger partial charge in [0.15, 0.2) is 6.04 Å². The quantitative estimate of drug-likeness (QED) is 0.443. The molecule has 14 heavy (non-hydrogen) atoms. The van der Waals surface area contributed by atoms with Crippen molar-refractivity contribution >= 4 is 11.9 Å². The fourth-order valence-corrected chi connectivity index (χ4v) is 0.834. The van der Waals surface area contributed by atoms with Crippen molar-refractivity contribution in [2.45, 2.75) is 38.5 Å². The van der Waals surface area contributed by atoms with Crippen LogP contribution in [0.3, 0.4) is 0 Å². The van der Waals surface area contributed by atoms with Gasteiger partial charge in [-0.1, -0.05) is 6.92 Å². The maximum absolute atomic E-state index is 11.2. The molecule has 0 aliphatic heterocycles. The minimum absolute atomic E-state index is 0.415. The van der Waals surface area contributed by atoms with Crippen molar-refractivity contribution < 1.29 is 19.8 Å². The van der Waals surface area contributed by atoms with E-state index < -0.39 is 30.1 Å². The molecule has 0 aliphatic carbocycles. The van der Waals surface area contributed by atoms with Gasteiger partial charge in [-0.2, -0.15) is 0 Å². The van der Waals surface area contributed by atoms with Gasteiger partial charge in [-0.25, -0.2) is 4.79 Å². The number of carbonyl (C=O) groups is 2. The first kappa shape index (κ1) is 12.9. The molecule has 6 heteroatoms. The van der Waals surface area contributed by atoms with E-state index in [1.54, 1.807) is 6.92 Å². The molecule has 0 heterocycles. The zero-order chi connectivity index (χ0) is 11.3. The summed E-state index contributed by atoms with van der Waals surface area (Å²) in [5, 5.41) is 19.8. The number of aliphatic hydroxyl groups excluding tert-OH is 1. The normalized spacial score (nSPS) is 16.9. The van der Waals surface area contributed by atoms with E-state index in [0.29, 0.717) is 6.42 Å². The SMILES string of the molecule is CC[C@@H](N)C(=O)N[C@H](C(=O)O)[C@@H](C)O. The summed E-state index contributed by atoms with van der Waals surface area (Å²) < 4.78 is 0. The van der Waals surface area contributed by atoms with Gasteiger partial charge in [-0.15, -0.1) is 0 Å². The second-order valence-electron chi connectivity index (χ2n) is 3.08. The van der Waals surface area contributed by atoms with Crippen molar-refractivity contribution in [3.63, 3.8) is 0 Å². The number of carboxylic acids is 1. The van der Waals surface area contributed by atoms with E-state index in [1.807, 2.05) is 0 Å². The number of aliphatic hydroxyl groups is 1. The summed E-state index contributed by atoms with van der Waals surface area (Å²) in [5.74, 6) is -1.85. The molecule has 0 spiro atoms. The molecule has 0 fully saturated rings. The number of aliphatic carboxylic acids is 1. The van der Waals surface area contributed by atoms with Gasteiger partial charge in [0.25, 0.3) is 0 Å². The van der Waals surface area contributed by atoms with Crippen molar-refractivity contribution in [3.05, 3.63) is 0 Å². The monoisotopic (exact) mass is 204 g/mol. The van der Waals surface area contributed by atoms with Crippen LogP contribution >= 0.6 is 0 Å². The number of hydrogen-bond acceptors (Lipinski definition) is 4. The Morgan fingerprint density at radius 1 is 1.50 bits per heavy atom. The lowest BCUT2D eigenvalue weighted by Crippen LogP contribution is -2.52. The molecule has 0 bridgehead atoms. The first-order valence-electron chi connectivity index (χ1n) is 4.37. The highest BCUT2D eigenvalue weighted by atomic mass is 16.4. The predicted molar refractivity (Wildman–Crippen MR) is 49.5 cm³/mol. The first-order chi connectivity index (χ1) is 6.40. The molecule has 0 saturated carbocycles. The molecule has 0 aromatic rings. The molecule has 5 N–H and O–H groups in total. The fraction of sp³-hybridized carbons (Fsp3) is 0.750. The number of nitrogens with two attached hydrogens (primary N) is 1. The van der Waals surface area contributed by atoms with Gasteiger partial charge in [0, 0.05) is 0 Å². The number of carboxylic acid groups (broad SMARTS) is 1. The number of rotatable bonds is 5. The second-order valence-corrected chi connectivity index (χ2v) is 3.08. The lowest BCUT2D eigenvalue weighted by molar-refractivity contribution is -0.145. The molecule has 0 radical (unpaired) electrons. The number of nitrogens with one attached hydrogen (secondary N) is 1. The number of hydrogen-bond donors (Lipinski definition) is 4. The Hall–Kier alpha value is -1.14. The zero-order valence-electron chi connectivity index (χ0n) is 8.23. The highest BCUT2D eigenvalue weighted by molar-refractivity contribution is 5.87. The van der Waals surface area contributed by atoms with E-state index in [-0.39, 0.29) is 0 Å². The average molecular weight is 204 g/mol. The Kier molecular flexibility index (Phi) is 5.11. The van der Waals surface area contributed by atoms with Crippen molar-refractivity contribution in [2.24, 2.45) is 5.73 Å². The van der Waals surface area contributed by atoms with Crippen molar-refractivity contribution in [1.82, 2.24) is 5.32 Å². The first-order valence-corrected chi connectivity index (χ1v) is 4.37. The van der Waals surface area contributed by atoms with Crippen LogP contribution in [0.4, 0.5) is 0 Å². The Labute approximate surface area is 82.1 Å². The Morgan fingerprint density at radius 2 is 2.00 bits per heavy atom. The predicted octanol–water partition coefficient (Wildman–Crippen LogP) is -1.33. The third-order valence-electron chi connectivity index (χ3n) is 1.82. The third-order valence-corrected chi connectivity index (χ3v) is 1.82. The van der Waals surface area contributed by atoms with E-state index in [9.17, 15) is 9.59 Å². The van der Waals surface area contributed by atoms with E-state index in [1.165, 1.54) is 6.92 Å². The summed E-state index contributed by atoms with van der Waals surface area (Å²) in [6.45, 7) is 3.00. The van der Waals surface area contributed by atoms with Gasteiger partial charge in [0.2, 0.25) is 5.91 Å². The van der Waals surface area contributed by atoms with Crippen LogP contribution in [0.5, 0.6) is 0 Å². The van der Waals surface area contributed by atoms with E-state index in [0.717, 1.165) is 0 Å². The summed E-state index contributed by atoms with van der Waals surface area (Å²) in [6, 6.07) is -2.05. The highest BCUT2D eigenvalue weighted by Crippen LogP contribution is 1.95. The molecule has 3 atom stereocenters. The van der Waals surface area contributed by atoms with Gasteiger partial charge < -0.3 is 21.3 Å². The standard InChI is InChI=1S/C8H16N2O4/c1-3-5(9)7(12)10-6(4(2)11)8(13)14/h4-6,11H,3,9H2,1-2H3,(H,10,12)(H,13,14)/t4-,5-,6+/m1/s1. The van der Waals surface area contributed by atoms with E-state index >= 15 is 0 Å². The minimum atomic E-state index is -1.31. The maximum atomic E-state index is 11.2. The largest absolute Gasteiger partial charge is 0.480 e. The van der Waals surface area contributed by atoms with Crippen molar-refractivity contribution in [1.29, 1.82) is 0 Å². The summed E-state index contributed by atoms with van der Waals surface area (Å²) in [5.41, 5.74) is 5.38. The molecule has 0 aromatic carbocycles. The summed E-state index contributed by atoms with van der Waals surface area (Å²) in [6.07, 6.45) is -0.738. The molecule has 1 amide bonds. The molecule has 0 saturated heterocycles. The molecule has 0 unspecified atom stereocenters. The maximum Gasteiger partial charge on any atom is 0.328 e. The topological polar surface area (TPSA) is 113 Å². The van der Waals surface area contributed by atoms with Gasteiger partial charge >= 0.3 is 5.97 Å². The van der Waals surface area contributed by atoms with Crippen LogP contribution in [-0.2, 0) is 9.59 Å². The van der Waals surface area contributed by atoms with Crippen molar-refractivity contribution in [2.75, 3.05) is 0 Å². The van der Waals surface area contributed by atoms with Gasteiger partial charge in [-0.05, 0) is 13.3 Å². The van der Waals surface area contributed by atoms with Crippen LogP contribution in [0, 0.1) is 0 Å². The Balaban J connectivity index is 4.31. The molecule has 82 valence electrons. The van der Waals surface area contributed by atoms with Crippen LogP contribution in [0.2, 0.25) is 0 Å². The summed E-state index contributed by atoms with van der Waals surface area (Å²) in [7, 11) is 0. The smallest absolute Gasteiger partial charge is 0.328 e. The lowest BCUT2D eigenvalue weighted by atomic mass is 10.1. The summed E-state index contributed by atoms with van der Waals surface area (Å²) >= 11 is 0. The molecule has 6 nitrogen and oxygen atoms in total. The van der Waals surface area contributed by atoms with Crippen LogP contribution in [0.15, 0.2) is 0 Å². The van der Waals surface area contributed by atoms with Crippen LogP contribution < -0.4 is 11.1 Å². The average Bonchev–Trinajstić information content (AvgIpc) is 2.11. The second kappa shape index (κ2) is 5.56. The van der Waals surface area contributed by atoms with Crippen LogP contribution in [0.1, 0.15) is 20.3 Å². The minimum Gasteiger partial charge on any atom is -0.480 e. The highest BCUT2D eigenvalue weighted by Gasteiger charge is 2.26. The van der Waals surface area contributed by atoms with Gasteiger partial charge in [-0.3, -0.25) is 4.79 Å². The van der Waals surface area contributed by atoms with Crippen LogP contribution in [0.25, 0.3) is 0 Å². The summed E-state index contributed by atoms with van der Waals surface area (Å²) in [4.78, 5) is 21.8. The molecular weight excluding hydrogens is 188 g/mol. The Morgan fingerprint density at radius 3 is 2.29 bits per heavy atom. The Bertz CT molecular complexity index is 217. The molecular formula is C8H16N2O4. The van der Waals surface area contributed by atoms with Gasteiger partial charge in [0.1, 0.15) is 0 Å². The molecule has 0 aromatic heterocycles. The molecule has 0 rings (SSSR count). The van der Waals surface area contributed by atoms with Crippen LogP contribution in [-0.4, -0.2) is 40.3 Å². The third kappa shape index (κ3) is 3.71. The van der Waals surface area contributed by atoms with E-state index in [2.05, 4.69) is 5.32 Å². The molecule has 0 aliphatic rings. The van der Waals surface area contributed by atoms with Gasteiger partial charge in [0.05, 0.1) is 12.1 Å². The zero-order valence-corrected chi connectivity index (χ0v) is 8.23. The van der Waals surface area contributed by atoms with E-state index in [4.69, 9.17) is 15.9 Å². The fourth-order valence-electron chi connectivity index (χ4n) is 0.834. The lowest BCUT2D eigenvalue weighted by Gasteiger charge is -2.18.